The Morgan fingerprint density at radius 3 is 2.53 bits per heavy atom. The Morgan fingerprint density at radius 2 is 2.00 bits per heavy atom. The van der Waals surface area contributed by atoms with Gasteiger partial charge in [-0.25, -0.2) is 0 Å². The zero-order chi connectivity index (χ0) is 12.4. The molecule has 1 heterocycles. The first-order chi connectivity index (χ1) is 8.11. The molecule has 2 aromatic rings. The summed E-state index contributed by atoms with van der Waals surface area (Å²) in [5.41, 5.74) is 9.29. The van der Waals surface area contributed by atoms with Gasteiger partial charge in [0.25, 0.3) is 0 Å². The summed E-state index contributed by atoms with van der Waals surface area (Å²) in [5.74, 6) is 0.439. The quantitative estimate of drug-likeness (QED) is 0.854. The zero-order valence-corrected chi connectivity index (χ0v) is 10.2. The minimum absolute atomic E-state index is 0.439. The van der Waals surface area contributed by atoms with E-state index in [2.05, 4.69) is 11.1 Å². The summed E-state index contributed by atoms with van der Waals surface area (Å²) in [6.07, 6.45) is 0.717. The summed E-state index contributed by atoms with van der Waals surface area (Å²) in [5, 5.41) is 9.66. The molecule has 0 spiro atoms. The van der Waals surface area contributed by atoms with Crippen molar-refractivity contribution in [2.24, 2.45) is 0 Å². The van der Waals surface area contributed by atoms with Crippen LogP contribution >= 0.6 is 11.6 Å². The van der Waals surface area contributed by atoms with E-state index in [9.17, 15) is 0 Å². The highest BCUT2D eigenvalue weighted by atomic mass is 35.5. The van der Waals surface area contributed by atoms with Gasteiger partial charge < -0.3 is 10.7 Å². The Labute approximate surface area is 105 Å². The van der Waals surface area contributed by atoms with Crippen molar-refractivity contribution in [1.29, 1.82) is 5.26 Å². The molecule has 0 radical (unpaired) electrons. The highest BCUT2D eigenvalue weighted by Crippen LogP contribution is 2.22. The molecule has 0 amide bonds. The molecule has 0 bridgehead atoms. The fourth-order valence-electron chi connectivity index (χ4n) is 1.80. The Hall–Kier alpha value is -1.92. The maximum Gasteiger partial charge on any atom is 0.119 e. The predicted molar refractivity (Wildman–Crippen MR) is 68.9 cm³/mol. The number of hydrogen-bond acceptors (Lipinski definition) is 2. The van der Waals surface area contributed by atoms with E-state index in [-0.39, 0.29) is 0 Å². The van der Waals surface area contributed by atoms with Gasteiger partial charge in [-0.1, -0.05) is 23.7 Å². The van der Waals surface area contributed by atoms with Gasteiger partial charge >= 0.3 is 0 Å². The van der Waals surface area contributed by atoms with Crippen molar-refractivity contribution < 1.29 is 0 Å². The molecule has 2 rings (SSSR count). The summed E-state index contributed by atoms with van der Waals surface area (Å²) in [6, 6.07) is 9.73. The lowest BCUT2D eigenvalue weighted by Crippen LogP contribution is -1.91. The number of nitrogen functional groups attached to an aromatic ring is 1. The number of benzene rings is 1. The molecule has 0 aliphatic heterocycles. The van der Waals surface area contributed by atoms with Gasteiger partial charge in [-0.05, 0) is 30.2 Å². The lowest BCUT2D eigenvalue weighted by molar-refractivity contribution is 1.09. The van der Waals surface area contributed by atoms with E-state index in [1.54, 1.807) is 0 Å². The molecule has 3 N–H and O–H groups in total. The number of aromatic amines is 1. The van der Waals surface area contributed by atoms with Crippen LogP contribution in [0.2, 0.25) is 5.02 Å². The Balaban J connectivity index is 2.31. The molecule has 86 valence electrons. The van der Waals surface area contributed by atoms with E-state index in [0.29, 0.717) is 16.4 Å². The molecular weight excluding hydrogens is 234 g/mol. The van der Waals surface area contributed by atoms with Crippen LogP contribution in [-0.4, -0.2) is 4.98 Å². The minimum atomic E-state index is 0.439. The van der Waals surface area contributed by atoms with E-state index < -0.39 is 0 Å². The van der Waals surface area contributed by atoms with Crippen molar-refractivity contribution in [1.82, 2.24) is 4.98 Å². The monoisotopic (exact) mass is 245 g/mol. The summed E-state index contributed by atoms with van der Waals surface area (Å²) in [6.45, 7) is 1.90. The first-order valence-electron chi connectivity index (χ1n) is 5.23. The van der Waals surface area contributed by atoms with Gasteiger partial charge in [-0.15, -0.1) is 0 Å². The highest BCUT2D eigenvalue weighted by molar-refractivity contribution is 6.30. The Kier molecular flexibility index (Phi) is 3.08. The molecule has 0 fully saturated rings. The molecule has 0 atom stereocenters. The summed E-state index contributed by atoms with van der Waals surface area (Å²) >= 11 is 5.83. The molecule has 0 saturated heterocycles. The molecule has 0 aliphatic rings. The second-order valence-corrected chi connectivity index (χ2v) is 4.37. The molecule has 1 aromatic heterocycles. The van der Waals surface area contributed by atoms with Crippen LogP contribution in [0.25, 0.3) is 0 Å². The fraction of sp³-hybridized carbons (Fsp3) is 0.154. The number of anilines is 1. The Bertz CT molecular complexity index is 576. The molecule has 0 unspecified atom stereocenters. The number of halogens is 1. The van der Waals surface area contributed by atoms with Crippen molar-refractivity contribution in [3.8, 4) is 6.07 Å². The lowest BCUT2D eigenvalue weighted by atomic mass is 10.1. The van der Waals surface area contributed by atoms with Crippen LogP contribution in [0.1, 0.15) is 22.4 Å². The van der Waals surface area contributed by atoms with Crippen molar-refractivity contribution in [2.45, 2.75) is 13.3 Å². The van der Waals surface area contributed by atoms with Gasteiger partial charge in [0.2, 0.25) is 0 Å². The third-order valence-corrected chi connectivity index (χ3v) is 3.04. The van der Waals surface area contributed by atoms with Crippen LogP contribution < -0.4 is 5.73 Å². The SMILES string of the molecule is Cc1c(Cc2ccc(Cl)cc2)[nH]c(N)c1C#N. The number of aromatic nitrogens is 1. The number of nitrogens with zero attached hydrogens (tertiary/aromatic N) is 1. The summed E-state index contributed by atoms with van der Waals surface area (Å²) in [4.78, 5) is 3.05. The maximum absolute atomic E-state index is 8.95. The van der Waals surface area contributed by atoms with Crippen molar-refractivity contribution >= 4 is 17.4 Å². The number of nitrogens with two attached hydrogens (primary N) is 1. The van der Waals surface area contributed by atoms with Gasteiger partial charge in [0, 0.05) is 17.1 Å². The van der Waals surface area contributed by atoms with Crippen LogP contribution in [0.3, 0.4) is 0 Å². The number of hydrogen-bond donors (Lipinski definition) is 2. The lowest BCUT2D eigenvalue weighted by Gasteiger charge is -2.01. The van der Waals surface area contributed by atoms with E-state index in [1.807, 2.05) is 31.2 Å². The minimum Gasteiger partial charge on any atom is -0.384 e. The largest absolute Gasteiger partial charge is 0.384 e. The topological polar surface area (TPSA) is 65.6 Å². The van der Waals surface area contributed by atoms with Crippen molar-refractivity contribution in [3.05, 3.63) is 51.7 Å². The molecule has 3 nitrogen and oxygen atoms in total. The average molecular weight is 246 g/mol. The van der Waals surface area contributed by atoms with E-state index in [1.165, 1.54) is 0 Å². The highest BCUT2D eigenvalue weighted by Gasteiger charge is 2.11. The Morgan fingerprint density at radius 1 is 1.35 bits per heavy atom. The normalized spacial score (nSPS) is 10.2. The third kappa shape index (κ3) is 2.27. The van der Waals surface area contributed by atoms with Gasteiger partial charge in [0.05, 0.1) is 5.56 Å². The first-order valence-corrected chi connectivity index (χ1v) is 5.61. The van der Waals surface area contributed by atoms with Crippen LogP contribution in [0.4, 0.5) is 5.82 Å². The standard InChI is InChI=1S/C13H12ClN3/c1-8-11(7-15)13(16)17-12(8)6-9-2-4-10(14)5-3-9/h2-5,17H,6,16H2,1H3. The second kappa shape index (κ2) is 4.52. The number of nitriles is 1. The molecule has 17 heavy (non-hydrogen) atoms. The molecular formula is C13H12ClN3. The summed E-state index contributed by atoms with van der Waals surface area (Å²) in [7, 11) is 0. The zero-order valence-electron chi connectivity index (χ0n) is 9.42. The van der Waals surface area contributed by atoms with Crippen LogP contribution in [-0.2, 0) is 6.42 Å². The van der Waals surface area contributed by atoms with Crippen LogP contribution in [0.15, 0.2) is 24.3 Å². The average Bonchev–Trinajstić information content (AvgIpc) is 2.57. The molecule has 0 aliphatic carbocycles. The smallest absolute Gasteiger partial charge is 0.119 e. The number of H-pyrrole nitrogens is 1. The fourth-order valence-corrected chi connectivity index (χ4v) is 1.92. The first kappa shape index (κ1) is 11.6. The van der Waals surface area contributed by atoms with E-state index in [0.717, 1.165) is 23.2 Å². The second-order valence-electron chi connectivity index (χ2n) is 3.93. The van der Waals surface area contributed by atoms with Gasteiger partial charge in [-0.2, -0.15) is 5.26 Å². The predicted octanol–water partition coefficient (Wildman–Crippen LogP) is 3.02. The van der Waals surface area contributed by atoms with Gasteiger partial charge in [0.15, 0.2) is 0 Å². The molecule has 0 saturated carbocycles. The van der Waals surface area contributed by atoms with Crippen molar-refractivity contribution in [3.63, 3.8) is 0 Å². The van der Waals surface area contributed by atoms with Gasteiger partial charge in [0.1, 0.15) is 11.9 Å². The summed E-state index contributed by atoms with van der Waals surface area (Å²) < 4.78 is 0. The van der Waals surface area contributed by atoms with Crippen molar-refractivity contribution in [2.75, 3.05) is 5.73 Å². The van der Waals surface area contributed by atoms with E-state index >= 15 is 0 Å². The van der Waals surface area contributed by atoms with Crippen LogP contribution in [0.5, 0.6) is 0 Å². The van der Waals surface area contributed by atoms with Crippen LogP contribution in [0, 0.1) is 18.3 Å². The van der Waals surface area contributed by atoms with Gasteiger partial charge in [-0.3, -0.25) is 0 Å². The third-order valence-electron chi connectivity index (χ3n) is 2.79. The number of nitrogens with one attached hydrogen (secondary N) is 1. The van der Waals surface area contributed by atoms with E-state index in [4.69, 9.17) is 22.6 Å². The maximum atomic E-state index is 8.95. The number of rotatable bonds is 2. The molecule has 1 aromatic carbocycles. The molecule has 4 heteroatoms.